The highest BCUT2D eigenvalue weighted by Crippen LogP contribution is 2.23. The molecule has 0 heterocycles. The first-order chi connectivity index (χ1) is 8.42. The maximum absolute atomic E-state index is 2.35. The summed E-state index contributed by atoms with van der Waals surface area (Å²) >= 11 is 0. The molecule has 0 saturated carbocycles. The van der Waals surface area contributed by atoms with Gasteiger partial charge in [0, 0.05) is 5.56 Å². The highest BCUT2D eigenvalue weighted by molar-refractivity contribution is 5.72. The van der Waals surface area contributed by atoms with Gasteiger partial charge < -0.3 is 17.7 Å². The molecule has 18 heavy (non-hydrogen) atoms. The molecule has 0 fully saturated rings. The summed E-state index contributed by atoms with van der Waals surface area (Å²) < 4.78 is 0. The van der Waals surface area contributed by atoms with Crippen molar-refractivity contribution >= 4 is 5.69 Å². The molecule has 2 aromatic rings. The molecule has 1 nitrogen and oxygen atoms in total. The van der Waals surface area contributed by atoms with Crippen LogP contribution in [0.4, 0.5) is 5.69 Å². The van der Waals surface area contributed by atoms with Crippen molar-refractivity contribution in [1.29, 1.82) is 0 Å². The zero-order valence-corrected chi connectivity index (χ0v) is 11.5. The molecular formula is C16H20ClN. The van der Waals surface area contributed by atoms with Crippen LogP contribution in [0.5, 0.6) is 0 Å². The van der Waals surface area contributed by atoms with E-state index < -0.39 is 0 Å². The van der Waals surface area contributed by atoms with Gasteiger partial charge in [-0.25, -0.2) is 0 Å². The Bertz CT molecular complexity index is 454. The molecule has 0 radical (unpaired) electrons. The van der Waals surface area contributed by atoms with Gasteiger partial charge >= 0.3 is 0 Å². The largest absolute Gasteiger partial charge is 1.00 e. The Morgan fingerprint density at radius 3 is 2.28 bits per heavy atom. The molecule has 2 rings (SSSR count). The minimum atomic E-state index is 0. The molecule has 0 saturated heterocycles. The minimum absolute atomic E-state index is 0. The summed E-state index contributed by atoms with van der Waals surface area (Å²) in [5.74, 6) is 0. The molecule has 0 aromatic heterocycles. The van der Waals surface area contributed by atoms with Gasteiger partial charge in [0.1, 0.15) is 5.69 Å². The Morgan fingerprint density at radius 2 is 1.56 bits per heavy atom. The summed E-state index contributed by atoms with van der Waals surface area (Å²) in [5.41, 5.74) is 3.99. The first-order valence-electron chi connectivity index (χ1n) is 6.39. The van der Waals surface area contributed by atoms with Crippen molar-refractivity contribution in [2.75, 3.05) is 6.54 Å². The lowest BCUT2D eigenvalue weighted by molar-refractivity contribution is -0.571. The van der Waals surface area contributed by atoms with E-state index in [9.17, 15) is 0 Å². The summed E-state index contributed by atoms with van der Waals surface area (Å²) in [6, 6.07) is 19.2. The molecule has 0 aliphatic rings. The van der Waals surface area contributed by atoms with E-state index in [1.807, 2.05) is 0 Å². The molecule has 0 bridgehead atoms. The first-order valence-corrected chi connectivity index (χ1v) is 6.39. The molecule has 0 amide bonds. The number of benzene rings is 2. The molecule has 2 aromatic carbocycles. The van der Waals surface area contributed by atoms with E-state index in [1.54, 1.807) is 0 Å². The summed E-state index contributed by atoms with van der Waals surface area (Å²) in [4.78, 5) is 0. The van der Waals surface area contributed by atoms with Gasteiger partial charge in [-0.2, -0.15) is 0 Å². The van der Waals surface area contributed by atoms with Crippen LogP contribution in [-0.2, 0) is 0 Å². The van der Waals surface area contributed by atoms with E-state index >= 15 is 0 Å². The lowest BCUT2D eigenvalue weighted by atomic mass is 10.0. The second kappa shape index (κ2) is 7.91. The van der Waals surface area contributed by atoms with Crippen LogP contribution >= 0.6 is 0 Å². The number of hydrogen-bond donors (Lipinski definition) is 1. The predicted octanol–water partition coefficient (Wildman–Crippen LogP) is 0.353. The fourth-order valence-corrected chi connectivity index (χ4v) is 2.02. The van der Waals surface area contributed by atoms with Crippen LogP contribution in [0.15, 0.2) is 54.6 Å². The van der Waals surface area contributed by atoms with Crippen molar-refractivity contribution < 1.29 is 17.7 Å². The summed E-state index contributed by atoms with van der Waals surface area (Å²) in [5, 5.41) is 2.35. The third kappa shape index (κ3) is 3.86. The van der Waals surface area contributed by atoms with Gasteiger partial charge in [-0.3, -0.25) is 0 Å². The summed E-state index contributed by atoms with van der Waals surface area (Å²) in [6.45, 7) is 3.40. The van der Waals surface area contributed by atoms with E-state index in [0.717, 1.165) is 0 Å². The lowest BCUT2D eigenvalue weighted by Gasteiger charge is -2.07. The quantitative estimate of drug-likeness (QED) is 0.591. The normalized spacial score (nSPS) is 9.83. The van der Waals surface area contributed by atoms with Crippen LogP contribution in [0.1, 0.15) is 19.8 Å². The maximum atomic E-state index is 2.35. The topological polar surface area (TPSA) is 16.6 Å². The Kier molecular flexibility index (Phi) is 6.48. The SMILES string of the molecule is CCCC[NH2+]c1ccccc1-c1ccccc1.[Cl-]. The molecule has 0 aliphatic heterocycles. The molecule has 2 heteroatoms. The van der Waals surface area contributed by atoms with E-state index in [4.69, 9.17) is 0 Å². The number of quaternary nitrogens is 1. The molecule has 0 atom stereocenters. The predicted molar refractivity (Wildman–Crippen MR) is 73.2 cm³/mol. The van der Waals surface area contributed by atoms with Crippen LogP contribution in [0.2, 0.25) is 0 Å². The van der Waals surface area contributed by atoms with Gasteiger partial charge in [-0.05, 0) is 24.1 Å². The van der Waals surface area contributed by atoms with Crippen LogP contribution < -0.4 is 17.7 Å². The highest BCUT2D eigenvalue weighted by atomic mass is 35.5. The van der Waals surface area contributed by atoms with Gasteiger partial charge in [-0.1, -0.05) is 55.8 Å². The Balaban J connectivity index is 0.00000162. The number of rotatable bonds is 5. The van der Waals surface area contributed by atoms with Crippen molar-refractivity contribution in [3.63, 3.8) is 0 Å². The number of para-hydroxylation sites is 1. The van der Waals surface area contributed by atoms with E-state index in [0.29, 0.717) is 0 Å². The zero-order chi connectivity index (χ0) is 11.9. The van der Waals surface area contributed by atoms with Crippen molar-refractivity contribution in [2.45, 2.75) is 19.8 Å². The Hall–Kier alpha value is -1.31. The van der Waals surface area contributed by atoms with Crippen LogP contribution in [0.3, 0.4) is 0 Å². The zero-order valence-electron chi connectivity index (χ0n) is 10.8. The van der Waals surface area contributed by atoms with Gasteiger partial charge in [-0.15, -0.1) is 0 Å². The average molecular weight is 262 g/mol. The molecule has 2 N–H and O–H groups in total. The lowest BCUT2D eigenvalue weighted by Crippen LogP contribution is -3.00. The van der Waals surface area contributed by atoms with Crippen LogP contribution in [-0.4, -0.2) is 6.54 Å². The van der Waals surface area contributed by atoms with Gasteiger partial charge in [0.05, 0.1) is 6.54 Å². The number of hydrogen-bond acceptors (Lipinski definition) is 0. The third-order valence-electron chi connectivity index (χ3n) is 2.97. The molecule has 0 aliphatic carbocycles. The fraction of sp³-hybridized carbons (Fsp3) is 0.250. The Morgan fingerprint density at radius 1 is 0.889 bits per heavy atom. The first kappa shape index (κ1) is 14.7. The molecule has 0 unspecified atom stereocenters. The van der Waals surface area contributed by atoms with E-state index in [-0.39, 0.29) is 12.4 Å². The van der Waals surface area contributed by atoms with Gasteiger partial charge in [0.25, 0.3) is 0 Å². The summed E-state index contributed by atoms with van der Waals surface area (Å²) in [6.07, 6.45) is 2.52. The second-order valence-corrected chi connectivity index (χ2v) is 4.30. The number of halogens is 1. The monoisotopic (exact) mass is 261 g/mol. The number of nitrogens with two attached hydrogens (primary N) is 1. The van der Waals surface area contributed by atoms with Crippen LogP contribution in [0, 0.1) is 0 Å². The van der Waals surface area contributed by atoms with Gasteiger partial charge in [0.2, 0.25) is 0 Å². The standard InChI is InChI=1S/C16H19N.ClH/c1-2-3-13-17-16-12-8-7-11-15(16)14-9-5-4-6-10-14;/h4-12,17H,2-3,13H2,1H3;1H. The van der Waals surface area contributed by atoms with Crippen molar-refractivity contribution in [3.8, 4) is 11.1 Å². The Labute approximate surface area is 116 Å². The minimum Gasteiger partial charge on any atom is -1.00 e. The van der Waals surface area contributed by atoms with Crippen molar-refractivity contribution in [1.82, 2.24) is 0 Å². The highest BCUT2D eigenvalue weighted by Gasteiger charge is 2.06. The smallest absolute Gasteiger partial charge is 0.137 e. The third-order valence-corrected chi connectivity index (χ3v) is 2.97. The average Bonchev–Trinajstić information content (AvgIpc) is 2.41. The van der Waals surface area contributed by atoms with E-state index in [2.05, 4.69) is 66.8 Å². The van der Waals surface area contributed by atoms with Gasteiger partial charge in [0.15, 0.2) is 0 Å². The second-order valence-electron chi connectivity index (χ2n) is 4.30. The molecule has 96 valence electrons. The van der Waals surface area contributed by atoms with Crippen molar-refractivity contribution in [2.24, 2.45) is 0 Å². The van der Waals surface area contributed by atoms with Crippen molar-refractivity contribution in [3.05, 3.63) is 54.6 Å². The maximum Gasteiger partial charge on any atom is 0.137 e. The molecular weight excluding hydrogens is 242 g/mol. The van der Waals surface area contributed by atoms with Crippen LogP contribution in [0.25, 0.3) is 11.1 Å². The summed E-state index contributed by atoms with van der Waals surface area (Å²) in [7, 11) is 0. The van der Waals surface area contributed by atoms with E-state index in [1.165, 1.54) is 36.2 Å². The fourth-order valence-electron chi connectivity index (χ4n) is 2.02. The molecule has 0 spiro atoms. The number of unbranched alkanes of at least 4 members (excludes halogenated alkanes) is 1.